The molecule has 0 spiro atoms. The zero-order chi connectivity index (χ0) is 10.6. The predicted octanol–water partition coefficient (Wildman–Crippen LogP) is -0.328. The van der Waals surface area contributed by atoms with Crippen molar-refractivity contribution < 1.29 is 14.7 Å². The lowest BCUT2D eigenvalue weighted by Gasteiger charge is -2.31. The molecule has 1 saturated heterocycles. The third-order valence-corrected chi connectivity index (χ3v) is 2.50. The highest BCUT2D eigenvalue weighted by atomic mass is 16.4. The first-order valence-corrected chi connectivity index (χ1v) is 4.83. The zero-order valence-electron chi connectivity index (χ0n) is 8.32. The minimum atomic E-state index is -0.899. The Morgan fingerprint density at radius 1 is 1.50 bits per heavy atom. The topological polar surface area (TPSA) is 69.6 Å². The summed E-state index contributed by atoms with van der Waals surface area (Å²) in [7, 11) is 1.59. The number of hydrogen-bond acceptors (Lipinski definition) is 3. The van der Waals surface area contributed by atoms with Gasteiger partial charge in [-0.05, 0) is 19.9 Å². The number of rotatable bonds is 5. The largest absolute Gasteiger partial charge is 0.480 e. The molecule has 5 nitrogen and oxygen atoms in total. The predicted molar refractivity (Wildman–Crippen MR) is 50.9 cm³/mol. The van der Waals surface area contributed by atoms with Crippen LogP contribution in [0.25, 0.3) is 0 Å². The highest BCUT2D eigenvalue weighted by molar-refractivity contribution is 5.79. The number of carbonyl (C=O) groups excluding carboxylic acids is 1. The smallest absolute Gasteiger partial charge is 0.320 e. The molecule has 80 valence electrons. The Balaban J connectivity index is 2.23. The van der Waals surface area contributed by atoms with Gasteiger partial charge in [-0.25, -0.2) is 0 Å². The van der Waals surface area contributed by atoms with Crippen LogP contribution in [0.5, 0.6) is 0 Å². The van der Waals surface area contributed by atoms with Crippen molar-refractivity contribution in [2.24, 2.45) is 0 Å². The minimum Gasteiger partial charge on any atom is -0.480 e. The van der Waals surface area contributed by atoms with E-state index in [2.05, 4.69) is 5.32 Å². The van der Waals surface area contributed by atoms with E-state index in [1.54, 1.807) is 11.9 Å². The Kier molecular flexibility index (Phi) is 3.88. The molecular weight excluding hydrogens is 184 g/mol. The highest BCUT2D eigenvalue weighted by Crippen LogP contribution is 2.09. The van der Waals surface area contributed by atoms with Gasteiger partial charge in [0.2, 0.25) is 5.91 Å². The van der Waals surface area contributed by atoms with Gasteiger partial charge in [-0.2, -0.15) is 0 Å². The van der Waals surface area contributed by atoms with Gasteiger partial charge in [0.25, 0.3) is 0 Å². The molecular formula is C9H16N2O3. The van der Waals surface area contributed by atoms with Crippen molar-refractivity contribution in [3.05, 3.63) is 0 Å². The molecule has 1 amide bonds. The summed E-state index contributed by atoms with van der Waals surface area (Å²) in [6, 6.07) is -0.611. The van der Waals surface area contributed by atoms with Crippen LogP contribution >= 0.6 is 0 Å². The molecule has 1 fully saturated rings. The number of nitrogens with one attached hydrogen (secondary N) is 1. The molecule has 14 heavy (non-hydrogen) atoms. The van der Waals surface area contributed by atoms with Gasteiger partial charge in [-0.15, -0.1) is 0 Å². The molecule has 0 aliphatic carbocycles. The van der Waals surface area contributed by atoms with E-state index in [0.717, 1.165) is 19.5 Å². The van der Waals surface area contributed by atoms with Crippen LogP contribution in [0.1, 0.15) is 19.3 Å². The second kappa shape index (κ2) is 4.95. The standard InChI is InChI=1S/C9H16N2O3/c1-10-7(9(13)14)3-4-8(12)11-5-2-6-11/h7,10H,2-6H2,1H3,(H,13,14)/t7-/m0/s1. The third-order valence-electron chi connectivity index (χ3n) is 2.50. The van der Waals surface area contributed by atoms with Crippen molar-refractivity contribution in [2.75, 3.05) is 20.1 Å². The van der Waals surface area contributed by atoms with Crippen molar-refractivity contribution in [1.82, 2.24) is 10.2 Å². The van der Waals surface area contributed by atoms with Crippen LogP contribution in [-0.2, 0) is 9.59 Å². The van der Waals surface area contributed by atoms with Gasteiger partial charge in [-0.1, -0.05) is 0 Å². The zero-order valence-corrected chi connectivity index (χ0v) is 8.32. The second-order valence-corrected chi connectivity index (χ2v) is 3.45. The Hall–Kier alpha value is -1.10. The van der Waals surface area contributed by atoms with Gasteiger partial charge in [-0.3, -0.25) is 9.59 Å². The first-order chi connectivity index (χ1) is 6.65. The molecule has 1 aliphatic rings. The number of amides is 1. The Labute approximate surface area is 83.1 Å². The number of carbonyl (C=O) groups is 2. The summed E-state index contributed by atoms with van der Waals surface area (Å²) < 4.78 is 0. The number of carboxylic acids is 1. The average molecular weight is 200 g/mol. The van der Waals surface area contributed by atoms with E-state index in [1.807, 2.05) is 0 Å². The fraction of sp³-hybridized carbons (Fsp3) is 0.778. The van der Waals surface area contributed by atoms with E-state index in [9.17, 15) is 9.59 Å². The SMILES string of the molecule is CN[C@@H](CCC(=O)N1CCC1)C(=O)O. The quantitative estimate of drug-likeness (QED) is 0.637. The van der Waals surface area contributed by atoms with E-state index < -0.39 is 12.0 Å². The maximum absolute atomic E-state index is 11.4. The third kappa shape index (κ3) is 2.70. The highest BCUT2D eigenvalue weighted by Gasteiger charge is 2.22. The van der Waals surface area contributed by atoms with Crippen LogP contribution in [0.2, 0.25) is 0 Å². The van der Waals surface area contributed by atoms with Crippen LogP contribution in [0.4, 0.5) is 0 Å². The maximum atomic E-state index is 11.4. The molecule has 0 unspecified atom stereocenters. The normalized spacial score (nSPS) is 17.4. The van der Waals surface area contributed by atoms with E-state index in [1.165, 1.54) is 0 Å². The van der Waals surface area contributed by atoms with Gasteiger partial charge in [0.1, 0.15) is 6.04 Å². The summed E-state index contributed by atoms with van der Waals surface area (Å²) in [5, 5.41) is 11.4. The molecule has 0 saturated carbocycles. The van der Waals surface area contributed by atoms with Gasteiger partial charge in [0.05, 0.1) is 0 Å². The van der Waals surface area contributed by atoms with E-state index in [-0.39, 0.29) is 5.91 Å². The average Bonchev–Trinajstić information content (AvgIpc) is 2.01. The molecule has 1 atom stereocenters. The minimum absolute atomic E-state index is 0.0674. The fourth-order valence-corrected chi connectivity index (χ4v) is 1.38. The van der Waals surface area contributed by atoms with Crippen LogP contribution in [-0.4, -0.2) is 48.1 Å². The van der Waals surface area contributed by atoms with Gasteiger partial charge in [0, 0.05) is 19.5 Å². The van der Waals surface area contributed by atoms with Gasteiger partial charge in [0.15, 0.2) is 0 Å². The van der Waals surface area contributed by atoms with E-state index >= 15 is 0 Å². The first kappa shape index (κ1) is 11.0. The van der Waals surface area contributed by atoms with Gasteiger partial charge < -0.3 is 15.3 Å². The number of hydrogen-bond donors (Lipinski definition) is 2. The van der Waals surface area contributed by atoms with E-state index in [4.69, 9.17) is 5.11 Å². The van der Waals surface area contributed by atoms with Crippen LogP contribution < -0.4 is 5.32 Å². The molecule has 1 aliphatic heterocycles. The summed E-state index contributed by atoms with van der Waals surface area (Å²) in [4.78, 5) is 23.7. The summed E-state index contributed by atoms with van der Waals surface area (Å²) in [6.07, 6.45) is 1.75. The van der Waals surface area contributed by atoms with Crippen molar-refractivity contribution in [2.45, 2.75) is 25.3 Å². The maximum Gasteiger partial charge on any atom is 0.320 e. The van der Waals surface area contributed by atoms with Gasteiger partial charge >= 0.3 is 5.97 Å². The van der Waals surface area contributed by atoms with Crippen molar-refractivity contribution in [1.29, 1.82) is 0 Å². The van der Waals surface area contributed by atoms with E-state index in [0.29, 0.717) is 12.8 Å². The second-order valence-electron chi connectivity index (χ2n) is 3.45. The molecule has 1 heterocycles. The van der Waals surface area contributed by atoms with Crippen molar-refractivity contribution >= 4 is 11.9 Å². The molecule has 0 aromatic carbocycles. The number of likely N-dealkylation sites (N-methyl/N-ethyl adjacent to an activating group) is 1. The van der Waals surface area contributed by atoms with Crippen LogP contribution in [0.15, 0.2) is 0 Å². The fourth-order valence-electron chi connectivity index (χ4n) is 1.38. The Bertz CT molecular complexity index is 226. The number of aliphatic carboxylic acids is 1. The van der Waals surface area contributed by atoms with Crippen molar-refractivity contribution in [3.63, 3.8) is 0 Å². The molecule has 0 aromatic rings. The molecule has 1 rings (SSSR count). The lowest BCUT2D eigenvalue weighted by Crippen LogP contribution is -2.43. The Morgan fingerprint density at radius 2 is 2.14 bits per heavy atom. The monoisotopic (exact) mass is 200 g/mol. The molecule has 2 N–H and O–H groups in total. The van der Waals surface area contributed by atoms with Crippen molar-refractivity contribution in [3.8, 4) is 0 Å². The van der Waals surface area contributed by atoms with Crippen LogP contribution in [0.3, 0.4) is 0 Å². The number of likely N-dealkylation sites (tertiary alicyclic amines) is 1. The molecule has 0 bridgehead atoms. The summed E-state index contributed by atoms with van der Waals surface area (Å²) >= 11 is 0. The molecule has 0 aromatic heterocycles. The lowest BCUT2D eigenvalue weighted by molar-refractivity contribution is -0.140. The number of nitrogens with zero attached hydrogens (tertiary/aromatic N) is 1. The van der Waals surface area contributed by atoms with Crippen LogP contribution in [0, 0.1) is 0 Å². The Morgan fingerprint density at radius 3 is 2.50 bits per heavy atom. The number of carboxylic acid groups (broad SMARTS) is 1. The summed E-state index contributed by atoms with van der Waals surface area (Å²) in [5.74, 6) is -0.832. The first-order valence-electron chi connectivity index (χ1n) is 4.83. The molecule has 5 heteroatoms. The lowest BCUT2D eigenvalue weighted by atomic mass is 10.1. The molecule has 0 radical (unpaired) electrons. The summed E-state index contributed by atoms with van der Waals surface area (Å²) in [6.45, 7) is 1.66. The summed E-state index contributed by atoms with van der Waals surface area (Å²) in [5.41, 5.74) is 0.